The molecule has 124 valence electrons. The van der Waals surface area contributed by atoms with E-state index in [1.54, 1.807) is 16.8 Å². The largest absolute Gasteiger partial charge is 0.378 e. The first-order valence-corrected chi connectivity index (χ1v) is 8.38. The van der Waals surface area contributed by atoms with Crippen LogP contribution in [-0.4, -0.2) is 54.5 Å². The van der Waals surface area contributed by atoms with Gasteiger partial charge in [0.05, 0.1) is 6.10 Å². The summed E-state index contributed by atoms with van der Waals surface area (Å²) in [4.78, 5) is 28.8. The lowest BCUT2D eigenvalue weighted by Gasteiger charge is -2.39. The number of piperazine rings is 1. The van der Waals surface area contributed by atoms with Gasteiger partial charge in [-0.1, -0.05) is 30.3 Å². The third-order valence-electron chi connectivity index (χ3n) is 4.74. The minimum Gasteiger partial charge on any atom is -0.378 e. The molecule has 2 atom stereocenters. The van der Waals surface area contributed by atoms with Crippen molar-refractivity contribution in [3.8, 4) is 0 Å². The molecule has 2 amide bonds. The molecule has 5 heteroatoms. The van der Waals surface area contributed by atoms with E-state index in [1.807, 2.05) is 30.3 Å². The fourth-order valence-corrected chi connectivity index (χ4v) is 3.37. The molecular formula is C18H24N2O3. The first-order chi connectivity index (χ1) is 11.2. The summed E-state index contributed by atoms with van der Waals surface area (Å²) < 4.78 is 5.59. The topological polar surface area (TPSA) is 49.9 Å². The van der Waals surface area contributed by atoms with Gasteiger partial charge in [-0.3, -0.25) is 9.59 Å². The van der Waals surface area contributed by atoms with Gasteiger partial charge in [0.15, 0.2) is 0 Å². The van der Waals surface area contributed by atoms with Gasteiger partial charge in [-0.25, -0.2) is 0 Å². The van der Waals surface area contributed by atoms with Crippen molar-refractivity contribution >= 4 is 11.8 Å². The second-order valence-corrected chi connectivity index (χ2v) is 6.33. The predicted molar refractivity (Wildman–Crippen MR) is 86.7 cm³/mol. The van der Waals surface area contributed by atoms with Crippen LogP contribution in [-0.2, 0) is 14.3 Å². The third-order valence-corrected chi connectivity index (χ3v) is 4.74. The van der Waals surface area contributed by atoms with E-state index in [2.05, 4.69) is 0 Å². The minimum absolute atomic E-state index is 0.00656. The van der Waals surface area contributed by atoms with Gasteiger partial charge in [-0.05, 0) is 24.8 Å². The van der Waals surface area contributed by atoms with Crippen LogP contribution in [0.3, 0.4) is 0 Å². The van der Waals surface area contributed by atoms with Gasteiger partial charge in [0.2, 0.25) is 11.8 Å². The first-order valence-electron chi connectivity index (χ1n) is 8.38. The summed E-state index contributed by atoms with van der Waals surface area (Å²) in [5.41, 5.74) is 0.884. The number of hydrogen-bond donors (Lipinski definition) is 0. The molecule has 0 bridgehead atoms. The van der Waals surface area contributed by atoms with Crippen molar-refractivity contribution in [3.63, 3.8) is 0 Å². The second kappa shape index (κ2) is 7.13. The molecule has 0 saturated carbocycles. The summed E-state index contributed by atoms with van der Waals surface area (Å²) in [7, 11) is 1.80. The zero-order valence-electron chi connectivity index (χ0n) is 13.6. The summed E-state index contributed by atoms with van der Waals surface area (Å²) in [5, 5.41) is 0. The number of likely N-dealkylation sites (N-methyl/N-ethyl adjacent to an activating group) is 1. The molecule has 1 aromatic carbocycles. The van der Waals surface area contributed by atoms with E-state index < -0.39 is 6.04 Å². The van der Waals surface area contributed by atoms with E-state index in [0.717, 1.165) is 31.4 Å². The Balaban J connectivity index is 1.72. The van der Waals surface area contributed by atoms with Crippen molar-refractivity contribution in [1.29, 1.82) is 0 Å². The van der Waals surface area contributed by atoms with Gasteiger partial charge >= 0.3 is 0 Å². The number of rotatable bonds is 4. The maximum absolute atomic E-state index is 12.7. The molecule has 2 aliphatic heterocycles. The van der Waals surface area contributed by atoms with Crippen LogP contribution in [0.15, 0.2) is 30.3 Å². The Kier molecular flexibility index (Phi) is 4.96. The van der Waals surface area contributed by atoms with E-state index in [-0.39, 0.29) is 17.9 Å². The number of amides is 2. The van der Waals surface area contributed by atoms with Gasteiger partial charge in [0.25, 0.3) is 0 Å². The molecule has 0 aromatic heterocycles. The van der Waals surface area contributed by atoms with E-state index in [9.17, 15) is 9.59 Å². The number of hydrogen-bond acceptors (Lipinski definition) is 3. The molecule has 0 radical (unpaired) electrons. The molecule has 1 aromatic rings. The molecule has 3 rings (SSSR count). The molecule has 5 nitrogen and oxygen atoms in total. The zero-order valence-corrected chi connectivity index (χ0v) is 13.6. The lowest BCUT2D eigenvalue weighted by Crippen LogP contribution is -2.52. The SMILES string of the molecule is CN1CCN(C(=O)CC[C@@H]2CCCO2)C(c2ccccc2)C1=O. The van der Waals surface area contributed by atoms with Crippen LogP contribution >= 0.6 is 0 Å². The molecule has 1 unspecified atom stereocenters. The first kappa shape index (κ1) is 16.0. The van der Waals surface area contributed by atoms with Crippen molar-refractivity contribution in [3.05, 3.63) is 35.9 Å². The van der Waals surface area contributed by atoms with Crippen LogP contribution in [0.5, 0.6) is 0 Å². The number of benzene rings is 1. The Morgan fingerprint density at radius 3 is 2.74 bits per heavy atom. The lowest BCUT2D eigenvalue weighted by molar-refractivity contribution is -0.151. The molecular weight excluding hydrogens is 292 g/mol. The average molecular weight is 316 g/mol. The van der Waals surface area contributed by atoms with E-state index in [0.29, 0.717) is 19.5 Å². The molecule has 2 aliphatic rings. The fourth-order valence-electron chi connectivity index (χ4n) is 3.37. The van der Waals surface area contributed by atoms with Crippen molar-refractivity contribution < 1.29 is 14.3 Å². The Morgan fingerprint density at radius 1 is 1.26 bits per heavy atom. The molecule has 2 heterocycles. The third kappa shape index (κ3) is 3.55. The maximum atomic E-state index is 12.7. The number of carbonyl (C=O) groups is 2. The molecule has 2 saturated heterocycles. The number of carbonyl (C=O) groups excluding carboxylic acids is 2. The smallest absolute Gasteiger partial charge is 0.249 e. The van der Waals surface area contributed by atoms with E-state index >= 15 is 0 Å². The predicted octanol–water partition coefficient (Wildman–Crippen LogP) is 1.99. The highest BCUT2D eigenvalue weighted by molar-refractivity contribution is 5.89. The quantitative estimate of drug-likeness (QED) is 0.853. The van der Waals surface area contributed by atoms with Gasteiger partial charge in [-0.15, -0.1) is 0 Å². The van der Waals surface area contributed by atoms with Crippen LogP contribution in [0, 0.1) is 0 Å². The monoisotopic (exact) mass is 316 g/mol. The number of nitrogens with zero attached hydrogens (tertiary/aromatic N) is 2. The van der Waals surface area contributed by atoms with Gasteiger partial charge in [-0.2, -0.15) is 0 Å². The highest BCUT2D eigenvalue weighted by Crippen LogP contribution is 2.27. The van der Waals surface area contributed by atoms with Gasteiger partial charge in [0.1, 0.15) is 6.04 Å². The van der Waals surface area contributed by atoms with Crippen molar-refractivity contribution in [2.45, 2.75) is 37.8 Å². The van der Waals surface area contributed by atoms with Gasteiger partial charge in [0, 0.05) is 33.2 Å². The molecule has 2 fully saturated rings. The van der Waals surface area contributed by atoms with Crippen LogP contribution in [0.25, 0.3) is 0 Å². The average Bonchev–Trinajstić information content (AvgIpc) is 3.09. The summed E-state index contributed by atoms with van der Waals surface area (Å²) in [6.45, 7) is 1.98. The molecule has 0 spiro atoms. The van der Waals surface area contributed by atoms with Crippen LogP contribution in [0.2, 0.25) is 0 Å². The zero-order chi connectivity index (χ0) is 16.2. The Hall–Kier alpha value is -1.88. The normalized spacial score (nSPS) is 25.0. The van der Waals surface area contributed by atoms with Crippen LogP contribution in [0.4, 0.5) is 0 Å². The Bertz CT molecular complexity index is 555. The Morgan fingerprint density at radius 2 is 2.04 bits per heavy atom. The standard InChI is InChI=1S/C18H24N2O3/c1-19-11-12-20(16(21)10-9-15-8-5-13-23-15)17(18(19)22)14-6-3-2-4-7-14/h2-4,6-7,15,17H,5,8-13H2,1H3/t15-,17?/m0/s1. The van der Waals surface area contributed by atoms with Gasteiger partial charge < -0.3 is 14.5 Å². The van der Waals surface area contributed by atoms with Crippen LogP contribution < -0.4 is 0 Å². The summed E-state index contributed by atoms with van der Waals surface area (Å²) in [6.07, 6.45) is 3.53. The van der Waals surface area contributed by atoms with Crippen molar-refractivity contribution in [2.24, 2.45) is 0 Å². The highest BCUT2D eigenvalue weighted by Gasteiger charge is 2.36. The minimum atomic E-state index is -0.494. The second-order valence-electron chi connectivity index (χ2n) is 6.33. The number of ether oxygens (including phenoxy) is 1. The lowest BCUT2D eigenvalue weighted by atomic mass is 10.0. The van der Waals surface area contributed by atoms with E-state index in [4.69, 9.17) is 4.74 Å². The maximum Gasteiger partial charge on any atom is 0.249 e. The van der Waals surface area contributed by atoms with E-state index in [1.165, 1.54) is 0 Å². The molecule has 0 N–H and O–H groups in total. The highest BCUT2D eigenvalue weighted by atomic mass is 16.5. The fraction of sp³-hybridized carbons (Fsp3) is 0.556. The van der Waals surface area contributed by atoms with Crippen molar-refractivity contribution in [2.75, 3.05) is 26.7 Å². The van der Waals surface area contributed by atoms with Crippen LogP contribution in [0.1, 0.15) is 37.3 Å². The summed E-state index contributed by atoms with van der Waals surface area (Å²) in [5.74, 6) is 0.0451. The molecule has 23 heavy (non-hydrogen) atoms. The molecule has 0 aliphatic carbocycles. The van der Waals surface area contributed by atoms with Crippen molar-refractivity contribution in [1.82, 2.24) is 9.80 Å². The summed E-state index contributed by atoms with van der Waals surface area (Å²) in [6, 6.07) is 9.08. The Labute approximate surface area is 137 Å². The summed E-state index contributed by atoms with van der Waals surface area (Å²) >= 11 is 0.